The molecule has 1 aliphatic heterocycles. The third kappa shape index (κ3) is 3.93. The first-order chi connectivity index (χ1) is 9.99. The molecule has 0 aromatic heterocycles. The molecule has 5 nitrogen and oxygen atoms in total. The molecule has 1 heterocycles. The Morgan fingerprint density at radius 1 is 1.48 bits per heavy atom. The van der Waals surface area contributed by atoms with Gasteiger partial charge in [0.1, 0.15) is 5.82 Å². The van der Waals surface area contributed by atoms with Crippen LogP contribution in [-0.4, -0.2) is 36.5 Å². The van der Waals surface area contributed by atoms with Crippen LogP contribution in [0, 0.1) is 11.7 Å². The molecule has 0 aliphatic carbocycles. The Balaban J connectivity index is 2.07. The molecule has 1 aromatic carbocycles. The molecule has 1 saturated heterocycles. The van der Waals surface area contributed by atoms with Gasteiger partial charge in [-0.1, -0.05) is 6.07 Å². The Bertz CT molecular complexity index is 533. The summed E-state index contributed by atoms with van der Waals surface area (Å²) in [5.74, 6) is -0.726. The second-order valence-corrected chi connectivity index (χ2v) is 5.96. The molecule has 21 heavy (non-hydrogen) atoms. The molecule has 1 unspecified atom stereocenters. The van der Waals surface area contributed by atoms with Crippen LogP contribution in [0.3, 0.4) is 0 Å². The van der Waals surface area contributed by atoms with Crippen molar-refractivity contribution in [2.24, 2.45) is 11.7 Å². The second-order valence-electron chi connectivity index (χ2n) is 5.10. The predicted octanol–water partition coefficient (Wildman–Crippen LogP) is 2.11. The summed E-state index contributed by atoms with van der Waals surface area (Å²) in [4.78, 5) is 24.8. The number of halogens is 2. The minimum absolute atomic E-state index is 0.0565. The van der Waals surface area contributed by atoms with Gasteiger partial charge in [0.15, 0.2) is 0 Å². The molecule has 2 rings (SSSR count). The lowest BCUT2D eigenvalue weighted by Gasteiger charge is -2.33. The molecular weight excluding hydrogens is 341 g/mol. The Morgan fingerprint density at radius 3 is 2.90 bits per heavy atom. The maximum atomic E-state index is 13.9. The fourth-order valence-corrected chi connectivity index (χ4v) is 3.03. The predicted molar refractivity (Wildman–Crippen MR) is 80.3 cm³/mol. The van der Waals surface area contributed by atoms with E-state index in [1.54, 1.807) is 17.0 Å². The maximum absolute atomic E-state index is 13.9. The Labute approximate surface area is 130 Å². The van der Waals surface area contributed by atoms with Crippen molar-refractivity contribution >= 4 is 27.9 Å². The van der Waals surface area contributed by atoms with E-state index in [0.717, 1.165) is 12.8 Å². The van der Waals surface area contributed by atoms with Crippen LogP contribution in [-0.2, 0) is 0 Å². The van der Waals surface area contributed by atoms with Crippen molar-refractivity contribution in [3.05, 3.63) is 34.1 Å². The number of rotatable bonds is 3. The van der Waals surface area contributed by atoms with E-state index in [0.29, 0.717) is 24.1 Å². The Kier molecular flexibility index (Phi) is 5.17. The van der Waals surface area contributed by atoms with Gasteiger partial charge in [-0.05, 0) is 46.8 Å². The van der Waals surface area contributed by atoms with Crippen molar-refractivity contribution in [3.63, 3.8) is 0 Å². The molecule has 0 spiro atoms. The Hall–Kier alpha value is -1.63. The van der Waals surface area contributed by atoms with Crippen LogP contribution < -0.4 is 11.1 Å². The van der Waals surface area contributed by atoms with E-state index < -0.39 is 11.8 Å². The largest absolute Gasteiger partial charge is 0.352 e. The van der Waals surface area contributed by atoms with Crippen molar-refractivity contribution < 1.29 is 14.0 Å². The highest BCUT2D eigenvalue weighted by Gasteiger charge is 2.27. The number of likely N-dealkylation sites (tertiary alicyclic amines) is 1. The average molecular weight is 358 g/mol. The fraction of sp³-hybridized carbons (Fsp3) is 0.429. The van der Waals surface area contributed by atoms with Gasteiger partial charge in [0.25, 0.3) is 5.91 Å². The lowest BCUT2D eigenvalue weighted by Crippen LogP contribution is -2.44. The number of hydrogen-bond donors (Lipinski definition) is 2. The zero-order chi connectivity index (χ0) is 15.4. The highest BCUT2D eigenvalue weighted by molar-refractivity contribution is 9.10. The van der Waals surface area contributed by atoms with Crippen LogP contribution in [0.4, 0.5) is 9.18 Å². The normalized spacial score (nSPS) is 18.4. The minimum atomic E-state index is -0.574. The van der Waals surface area contributed by atoms with Crippen LogP contribution in [0.25, 0.3) is 0 Å². The number of piperidine rings is 1. The van der Waals surface area contributed by atoms with Gasteiger partial charge >= 0.3 is 6.03 Å². The highest BCUT2D eigenvalue weighted by atomic mass is 79.9. The van der Waals surface area contributed by atoms with Crippen LogP contribution in [0.15, 0.2) is 22.7 Å². The van der Waals surface area contributed by atoms with E-state index in [-0.39, 0.29) is 17.4 Å². The van der Waals surface area contributed by atoms with Crippen molar-refractivity contribution in [3.8, 4) is 0 Å². The van der Waals surface area contributed by atoms with Crippen molar-refractivity contribution in [2.75, 3.05) is 19.6 Å². The van der Waals surface area contributed by atoms with E-state index in [9.17, 15) is 14.0 Å². The van der Waals surface area contributed by atoms with E-state index in [2.05, 4.69) is 21.2 Å². The number of urea groups is 1. The lowest BCUT2D eigenvalue weighted by atomic mass is 9.97. The van der Waals surface area contributed by atoms with Gasteiger partial charge < -0.3 is 16.0 Å². The number of nitrogens with two attached hydrogens (primary N) is 1. The molecule has 1 aliphatic rings. The molecule has 114 valence electrons. The summed E-state index contributed by atoms with van der Waals surface area (Å²) in [5, 5.41) is 2.55. The topological polar surface area (TPSA) is 75.4 Å². The van der Waals surface area contributed by atoms with E-state index in [4.69, 9.17) is 5.73 Å². The molecular formula is C14H17BrFN3O2. The van der Waals surface area contributed by atoms with Crippen molar-refractivity contribution in [1.82, 2.24) is 10.2 Å². The van der Waals surface area contributed by atoms with Gasteiger partial charge in [-0.3, -0.25) is 4.79 Å². The summed E-state index contributed by atoms with van der Waals surface area (Å²) in [7, 11) is 0. The first kappa shape index (κ1) is 15.8. The number of carbonyl (C=O) groups is 2. The molecule has 1 aromatic rings. The third-order valence-electron chi connectivity index (χ3n) is 3.55. The number of benzene rings is 1. The SMILES string of the molecule is NC(=O)NCC1CCCN(C(=O)c2c(F)cccc2Br)C1. The van der Waals surface area contributed by atoms with Gasteiger partial charge in [-0.15, -0.1) is 0 Å². The molecule has 1 atom stereocenters. The lowest BCUT2D eigenvalue weighted by molar-refractivity contribution is 0.0669. The smallest absolute Gasteiger partial charge is 0.312 e. The summed E-state index contributed by atoms with van der Waals surface area (Å²) in [6.07, 6.45) is 1.73. The number of nitrogens with one attached hydrogen (secondary N) is 1. The zero-order valence-corrected chi connectivity index (χ0v) is 13.0. The molecule has 0 saturated carbocycles. The molecule has 3 amide bonds. The molecule has 7 heteroatoms. The van der Waals surface area contributed by atoms with Gasteiger partial charge in [0, 0.05) is 24.1 Å². The van der Waals surface area contributed by atoms with E-state index in [1.165, 1.54) is 6.07 Å². The number of primary amides is 1. The van der Waals surface area contributed by atoms with Crippen molar-refractivity contribution in [2.45, 2.75) is 12.8 Å². The second kappa shape index (κ2) is 6.89. The summed E-state index contributed by atoms with van der Waals surface area (Å²) < 4.78 is 14.3. The van der Waals surface area contributed by atoms with Gasteiger partial charge in [-0.2, -0.15) is 0 Å². The van der Waals surface area contributed by atoms with Gasteiger partial charge in [0.05, 0.1) is 5.56 Å². The molecule has 0 radical (unpaired) electrons. The molecule has 3 N–H and O–H groups in total. The summed E-state index contributed by atoms with van der Waals surface area (Å²) >= 11 is 3.22. The zero-order valence-electron chi connectivity index (χ0n) is 11.4. The van der Waals surface area contributed by atoms with Gasteiger partial charge in [0.2, 0.25) is 0 Å². The number of nitrogens with zero attached hydrogens (tertiary/aromatic N) is 1. The molecule has 0 bridgehead atoms. The first-order valence-corrected chi connectivity index (χ1v) is 7.55. The van der Waals surface area contributed by atoms with Crippen molar-refractivity contribution in [1.29, 1.82) is 0 Å². The maximum Gasteiger partial charge on any atom is 0.312 e. The van der Waals surface area contributed by atoms with Crippen LogP contribution in [0.5, 0.6) is 0 Å². The van der Waals surface area contributed by atoms with Crippen LogP contribution in [0.2, 0.25) is 0 Å². The summed E-state index contributed by atoms with van der Waals surface area (Å²) in [5.41, 5.74) is 5.10. The number of carbonyl (C=O) groups excluding carboxylic acids is 2. The Morgan fingerprint density at radius 2 is 2.24 bits per heavy atom. The monoisotopic (exact) mass is 357 g/mol. The third-order valence-corrected chi connectivity index (χ3v) is 4.21. The van der Waals surface area contributed by atoms with E-state index in [1.807, 2.05) is 0 Å². The number of amides is 3. The molecule has 1 fully saturated rings. The summed E-state index contributed by atoms with van der Waals surface area (Å²) in [6, 6.07) is 3.89. The first-order valence-electron chi connectivity index (χ1n) is 6.75. The highest BCUT2D eigenvalue weighted by Crippen LogP contribution is 2.24. The van der Waals surface area contributed by atoms with Crippen LogP contribution in [0.1, 0.15) is 23.2 Å². The van der Waals surface area contributed by atoms with Crippen LogP contribution >= 0.6 is 15.9 Å². The fourth-order valence-electron chi connectivity index (χ4n) is 2.52. The van der Waals surface area contributed by atoms with Gasteiger partial charge in [-0.25, -0.2) is 9.18 Å². The van der Waals surface area contributed by atoms with E-state index >= 15 is 0 Å². The summed E-state index contributed by atoms with van der Waals surface area (Å²) in [6.45, 7) is 1.50. The minimum Gasteiger partial charge on any atom is -0.352 e. The quantitative estimate of drug-likeness (QED) is 0.869. The standard InChI is InChI=1S/C14H17BrFN3O2/c15-10-4-1-5-11(16)12(10)13(20)19-6-2-3-9(8-19)7-18-14(17)21/h1,4-5,9H,2-3,6-8H2,(H3,17,18,21). The number of hydrogen-bond acceptors (Lipinski definition) is 2. The average Bonchev–Trinajstić information content (AvgIpc) is 2.45.